The number of H-pyrrole nitrogens is 1. The van der Waals surface area contributed by atoms with E-state index in [4.69, 9.17) is 14.2 Å². The number of hydrogen-bond donors (Lipinski definition) is 1. The molecule has 0 radical (unpaired) electrons. The van der Waals surface area contributed by atoms with Gasteiger partial charge in [-0.05, 0) is 78.8 Å². The third-order valence-corrected chi connectivity index (χ3v) is 7.82. The molecule has 7 rings (SSSR count). The van der Waals surface area contributed by atoms with Gasteiger partial charge in [-0.25, -0.2) is 14.2 Å². The largest absolute Gasteiger partial charge is 0.488 e. The molecule has 5 aromatic rings. The van der Waals surface area contributed by atoms with Crippen LogP contribution in [0.2, 0.25) is 0 Å². The van der Waals surface area contributed by atoms with Crippen LogP contribution in [0, 0.1) is 5.82 Å². The zero-order valence-corrected chi connectivity index (χ0v) is 22.1. The van der Waals surface area contributed by atoms with E-state index < -0.39 is 5.76 Å². The minimum atomic E-state index is -0.633. The van der Waals surface area contributed by atoms with E-state index in [0.717, 1.165) is 57.9 Å². The number of piperidine rings is 1. The number of nitrogens with one attached hydrogen (secondary N) is 1. The summed E-state index contributed by atoms with van der Waals surface area (Å²) in [5.74, 6) is 0.747. The first-order valence-electron chi connectivity index (χ1n) is 13.6. The molecule has 1 N–H and O–H groups in total. The molecule has 2 aliphatic heterocycles. The van der Waals surface area contributed by atoms with Crippen molar-refractivity contribution >= 4 is 28.1 Å². The van der Waals surface area contributed by atoms with Crippen LogP contribution in [0.15, 0.2) is 70.0 Å². The number of halogens is 1. The Bertz CT molecular complexity index is 1830. The zero-order chi connectivity index (χ0) is 27.2. The molecule has 2 aromatic heterocycles. The molecular weight excluding hydrogens is 509 g/mol. The van der Waals surface area contributed by atoms with Crippen molar-refractivity contribution in [3.05, 3.63) is 105 Å². The van der Waals surface area contributed by atoms with Crippen LogP contribution in [0.25, 0.3) is 22.2 Å². The molecular formula is C31H28FN5O3. The van der Waals surface area contributed by atoms with E-state index in [-0.39, 0.29) is 12.4 Å². The topological polar surface area (TPSA) is 89.2 Å². The number of rotatable bonds is 4. The van der Waals surface area contributed by atoms with Crippen molar-refractivity contribution in [3.63, 3.8) is 0 Å². The number of hydrogen-bond acceptors (Lipinski definition) is 6. The number of nitrogens with zero attached hydrogens (tertiary/aromatic N) is 4. The van der Waals surface area contributed by atoms with Gasteiger partial charge < -0.3 is 14.2 Å². The highest BCUT2D eigenvalue weighted by Gasteiger charge is 2.25. The summed E-state index contributed by atoms with van der Waals surface area (Å²) >= 11 is 0. The number of anilines is 1. The number of aromatic nitrogens is 4. The van der Waals surface area contributed by atoms with Crippen molar-refractivity contribution < 1.29 is 13.7 Å². The lowest BCUT2D eigenvalue weighted by molar-refractivity contribution is 0.305. The summed E-state index contributed by atoms with van der Waals surface area (Å²) in [6.45, 7) is 4.80. The van der Waals surface area contributed by atoms with Crippen LogP contribution < -0.4 is 15.4 Å². The Morgan fingerprint density at radius 1 is 1.02 bits per heavy atom. The molecule has 202 valence electrons. The molecule has 8 nitrogen and oxygen atoms in total. The number of imidazole rings is 1. The van der Waals surface area contributed by atoms with E-state index in [9.17, 15) is 9.18 Å². The first-order chi connectivity index (χ1) is 19.5. The lowest BCUT2D eigenvalue weighted by Gasteiger charge is -2.28. The molecule has 0 spiro atoms. The minimum Gasteiger partial charge on any atom is -0.488 e. The average molecular weight is 538 g/mol. The van der Waals surface area contributed by atoms with Crippen molar-refractivity contribution in [3.8, 4) is 5.75 Å². The number of allylic oxidation sites excluding steroid dienone is 1. The molecule has 2 aliphatic rings. The van der Waals surface area contributed by atoms with E-state index in [1.165, 1.54) is 31.4 Å². The van der Waals surface area contributed by atoms with Crippen LogP contribution in [0.5, 0.6) is 5.75 Å². The summed E-state index contributed by atoms with van der Waals surface area (Å²) in [5.41, 5.74) is 7.31. The van der Waals surface area contributed by atoms with Gasteiger partial charge in [0.25, 0.3) is 0 Å². The molecule has 40 heavy (non-hydrogen) atoms. The lowest BCUT2D eigenvalue weighted by atomic mass is 9.89. The Labute approximate surface area is 229 Å². The first kappa shape index (κ1) is 24.4. The molecule has 0 amide bonds. The third-order valence-electron chi connectivity index (χ3n) is 7.82. The van der Waals surface area contributed by atoms with Gasteiger partial charge in [0.05, 0.1) is 17.6 Å². The van der Waals surface area contributed by atoms with Gasteiger partial charge in [0.2, 0.25) is 5.95 Å². The summed E-state index contributed by atoms with van der Waals surface area (Å²) in [5, 5.41) is 3.90. The monoisotopic (exact) mass is 537 g/mol. The van der Waals surface area contributed by atoms with Crippen LogP contribution in [0.4, 0.5) is 10.3 Å². The van der Waals surface area contributed by atoms with E-state index in [0.29, 0.717) is 23.7 Å². The van der Waals surface area contributed by atoms with E-state index in [1.807, 2.05) is 13.0 Å². The molecule has 0 unspecified atom stereocenters. The average Bonchev–Trinajstić information content (AvgIpc) is 3.53. The minimum absolute atomic E-state index is 0.273. The molecule has 0 saturated carbocycles. The smallest absolute Gasteiger partial charge is 0.439 e. The molecule has 1 saturated heterocycles. The molecule has 1 fully saturated rings. The van der Waals surface area contributed by atoms with E-state index in [1.54, 1.807) is 6.07 Å². The predicted octanol–water partition coefficient (Wildman–Crippen LogP) is 5.76. The van der Waals surface area contributed by atoms with Crippen molar-refractivity contribution in [1.29, 1.82) is 0 Å². The maximum absolute atomic E-state index is 14.2. The number of ether oxygens (including phenoxy) is 1. The Hall–Kier alpha value is -4.66. The maximum Gasteiger partial charge on any atom is 0.439 e. The Morgan fingerprint density at radius 2 is 1.85 bits per heavy atom. The van der Waals surface area contributed by atoms with Crippen molar-refractivity contribution in [2.75, 3.05) is 18.0 Å². The standard InChI is InChI=1S/C31H28FN5O3/c1-19(29-34-31(38)40-35-29)28-23-11-9-20(15-21(23)18-39-27-16-22(32)10-12-24(27)28)17-37-26-8-4-3-7-25(26)33-30(37)36-13-5-2-6-14-36/h3-4,7-12,15-16H,2,5-6,13-14,17-18H2,1H3,(H,34,35,38)/b28-19-. The van der Waals surface area contributed by atoms with Crippen LogP contribution in [-0.4, -0.2) is 32.8 Å². The molecule has 0 atom stereocenters. The molecule has 0 bridgehead atoms. The fourth-order valence-electron chi connectivity index (χ4n) is 5.88. The number of aromatic amines is 1. The normalized spacial score (nSPS) is 16.3. The number of fused-ring (bicyclic) bond motifs is 3. The number of benzene rings is 3. The summed E-state index contributed by atoms with van der Waals surface area (Å²) in [7, 11) is 0. The second-order valence-corrected chi connectivity index (χ2v) is 10.4. The van der Waals surface area contributed by atoms with Crippen molar-refractivity contribution in [2.45, 2.75) is 39.3 Å². The molecule has 4 heterocycles. The number of para-hydroxylation sites is 2. The summed E-state index contributed by atoms with van der Waals surface area (Å²) < 4.78 is 27.4. The van der Waals surface area contributed by atoms with Gasteiger partial charge in [-0.3, -0.25) is 9.51 Å². The quantitative estimate of drug-likeness (QED) is 0.314. The fraction of sp³-hybridized carbons (Fsp3) is 0.258. The molecule has 0 aliphatic carbocycles. The van der Waals surface area contributed by atoms with Crippen LogP contribution in [0.3, 0.4) is 0 Å². The Balaban J connectivity index is 1.34. The highest BCUT2D eigenvalue weighted by atomic mass is 19.1. The maximum atomic E-state index is 14.2. The van der Waals surface area contributed by atoms with Gasteiger partial charge in [-0.15, -0.1) is 0 Å². The molecule has 9 heteroatoms. The van der Waals surface area contributed by atoms with Gasteiger partial charge in [0, 0.05) is 30.3 Å². The van der Waals surface area contributed by atoms with E-state index in [2.05, 4.69) is 56.0 Å². The lowest BCUT2D eigenvalue weighted by Crippen LogP contribution is -2.32. The van der Waals surface area contributed by atoms with Gasteiger partial charge in [-0.1, -0.05) is 29.4 Å². The van der Waals surface area contributed by atoms with Crippen LogP contribution in [-0.2, 0) is 13.2 Å². The van der Waals surface area contributed by atoms with Gasteiger partial charge in [0.1, 0.15) is 18.2 Å². The van der Waals surface area contributed by atoms with Gasteiger partial charge in [0.15, 0.2) is 5.82 Å². The summed E-state index contributed by atoms with van der Waals surface area (Å²) in [4.78, 5) is 21.8. The van der Waals surface area contributed by atoms with Crippen molar-refractivity contribution in [2.24, 2.45) is 0 Å². The fourth-order valence-corrected chi connectivity index (χ4v) is 5.88. The van der Waals surface area contributed by atoms with Gasteiger partial charge >= 0.3 is 5.76 Å². The predicted molar refractivity (Wildman–Crippen MR) is 151 cm³/mol. The van der Waals surface area contributed by atoms with Crippen LogP contribution >= 0.6 is 0 Å². The first-order valence-corrected chi connectivity index (χ1v) is 13.6. The Kier molecular flexibility index (Phi) is 5.99. The second-order valence-electron chi connectivity index (χ2n) is 10.4. The highest BCUT2D eigenvalue weighted by Crippen LogP contribution is 2.41. The van der Waals surface area contributed by atoms with Crippen molar-refractivity contribution in [1.82, 2.24) is 19.7 Å². The SMILES string of the molecule is C/C(=C1\c2ccc(Cn3c(N4CCCCC4)nc4ccccc43)cc2COc2cc(F)ccc21)c1noc(=O)[nH]1. The third kappa shape index (κ3) is 4.27. The molecule has 3 aromatic carbocycles. The van der Waals surface area contributed by atoms with Gasteiger partial charge in [-0.2, -0.15) is 0 Å². The van der Waals surface area contributed by atoms with E-state index >= 15 is 0 Å². The Morgan fingerprint density at radius 3 is 2.67 bits per heavy atom. The highest BCUT2D eigenvalue weighted by molar-refractivity contribution is 5.99. The summed E-state index contributed by atoms with van der Waals surface area (Å²) in [6, 6.07) is 19.1. The van der Waals surface area contributed by atoms with Crippen LogP contribution in [0.1, 0.15) is 54.3 Å². The zero-order valence-electron chi connectivity index (χ0n) is 22.1. The summed E-state index contributed by atoms with van der Waals surface area (Å²) in [6.07, 6.45) is 3.60. The second kappa shape index (κ2) is 9.82.